The lowest BCUT2D eigenvalue weighted by Crippen LogP contribution is -2.19. The van der Waals surface area contributed by atoms with E-state index < -0.39 is 11.4 Å². The van der Waals surface area contributed by atoms with Crippen molar-refractivity contribution in [3.8, 4) is 6.07 Å². The van der Waals surface area contributed by atoms with Gasteiger partial charge in [0.15, 0.2) is 0 Å². The molecule has 0 bridgehead atoms. The van der Waals surface area contributed by atoms with Gasteiger partial charge in [-0.05, 0) is 24.7 Å². The zero-order valence-corrected chi connectivity index (χ0v) is 9.49. The van der Waals surface area contributed by atoms with Crippen molar-refractivity contribution in [1.82, 2.24) is 0 Å². The lowest BCUT2D eigenvalue weighted by molar-refractivity contribution is -0.138. The molecule has 2 atom stereocenters. The maximum Gasteiger partial charge on any atom is 0.304 e. The summed E-state index contributed by atoms with van der Waals surface area (Å²) in [4.78, 5) is 10.8. The van der Waals surface area contributed by atoms with Crippen LogP contribution in [0.5, 0.6) is 0 Å². The topological polar surface area (TPSA) is 61.1 Å². The van der Waals surface area contributed by atoms with E-state index in [4.69, 9.17) is 5.11 Å². The Morgan fingerprint density at radius 2 is 1.87 bits per heavy atom. The number of carboxylic acid groups (broad SMARTS) is 1. The molecule has 0 saturated heterocycles. The zero-order valence-electron chi connectivity index (χ0n) is 9.49. The van der Waals surface area contributed by atoms with Crippen molar-refractivity contribution in [2.75, 3.05) is 0 Å². The highest BCUT2D eigenvalue weighted by molar-refractivity contribution is 5.68. The molecule has 0 radical (unpaired) electrons. The lowest BCUT2D eigenvalue weighted by atomic mass is 9.83. The molecule has 0 aromatic rings. The van der Waals surface area contributed by atoms with Gasteiger partial charge in [0.2, 0.25) is 0 Å². The SMILES string of the molecule is CC[C@H]1CC(C#N)(CC(=O)O)C[C@@H]1CC. The van der Waals surface area contributed by atoms with Crippen LogP contribution in [-0.4, -0.2) is 11.1 Å². The standard InChI is InChI=1S/C12H19NO2/c1-3-9-5-12(8-13,7-11(14)15)6-10(9)4-2/h9-10H,3-7H2,1-2H3,(H,14,15)/t9-,10-/m0/s1. The fourth-order valence-corrected chi connectivity index (χ4v) is 2.94. The number of aliphatic carboxylic acids is 1. The molecule has 1 aliphatic carbocycles. The first kappa shape index (κ1) is 12.0. The van der Waals surface area contributed by atoms with E-state index in [1.807, 2.05) is 0 Å². The maximum absolute atomic E-state index is 10.8. The summed E-state index contributed by atoms with van der Waals surface area (Å²) in [6.45, 7) is 4.25. The third-order valence-electron chi connectivity index (χ3n) is 3.75. The highest BCUT2D eigenvalue weighted by Gasteiger charge is 2.45. The van der Waals surface area contributed by atoms with Gasteiger partial charge in [0, 0.05) is 0 Å². The Kier molecular flexibility index (Phi) is 3.73. The molecule has 15 heavy (non-hydrogen) atoms. The molecule has 1 fully saturated rings. The number of carboxylic acids is 1. The van der Waals surface area contributed by atoms with Crippen molar-refractivity contribution in [2.45, 2.75) is 46.0 Å². The van der Waals surface area contributed by atoms with Crippen LogP contribution in [0.25, 0.3) is 0 Å². The van der Waals surface area contributed by atoms with Gasteiger partial charge >= 0.3 is 5.97 Å². The number of rotatable bonds is 4. The average Bonchev–Trinajstić information content (AvgIpc) is 2.56. The summed E-state index contributed by atoms with van der Waals surface area (Å²) in [6, 6.07) is 2.26. The van der Waals surface area contributed by atoms with Crippen molar-refractivity contribution in [3.63, 3.8) is 0 Å². The number of carbonyl (C=O) groups is 1. The van der Waals surface area contributed by atoms with Gasteiger partial charge in [0.25, 0.3) is 0 Å². The summed E-state index contributed by atoms with van der Waals surface area (Å²) in [7, 11) is 0. The molecule has 3 heteroatoms. The Morgan fingerprint density at radius 3 is 2.13 bits per heavy atom. The number of hydrogen-bond donors (Lipinski definition) is 1. The van der Waals surface area contributed by atoms with E-state index >= 15 is 0 Å². The predicted molar refractivity (Wildman–Crippen MR) is 57.1 cm³/mol. The third kappa shape index (κ3) is 2.50. The van der Waals surface area contributed by atoms with E-state index in [9.17, 15) is 10.1 Å². The van der Waals surface area contributed by atoms with Crippen LogP contribution in [0.3, 0.4) is 0 Å². The average molecular weight is 209 g/mol. The van der Waals surface area contributed by atoms with Gasteiger partial charge in [0.05, 0.1) is 17.9 Å². The second kappa shape index (κ2) is 4.65. The third-order valence-corrected chi connectivity index (χ3v) is 3.75. The first-order chi connectivity index (χ1) is 7.06. The van der Waals surface area contributed by atoms with Crippen LogP contribution in [0.15, 0.2) is 0 Å². The Bertz CT molecular complexity index is 268. The highest BCUT2D eigenvalue weighted by atomic mass is 16.4. The molecule has 0 aromatic carbocycles. The van der Waals surface area contributed by atoms with Gasteiger partial charge in [-0.2, -0.15) is 5.26 Å². The highest BCUT2D eigenvalue weighted by Crippen LogP contribution is 2.49. The van der Waals surface area contributed by atoms with E-state index in [1.165, 1.54) is 0 Å². The number of nitriles is 1. The second-order valence-electron chi connectivity index (χ2n) is 4.71. The quantitative estimate of drug-likeness (QED) is 0.774. The van der Waals surface area contributed by atoms with Gasteiger partial charge < -0.3 is 5.11 Å². The minimum Gasteiger partial charge on any atom is -0.481 e. The van der Waals surface area contributed by atoms with Crippen molar-refractivity contribution in [1.29, 1.82) is 5.26 Å². The Morgan fingerprint density at radius 1 is 1.40 bits per heavy atom. The minimum atomic E-state index is -0.844. The van der Waals surface area contributed by atoms with Crippen molar-refractivity contribution >= 4 is 5.97 Å². The minimum absolute atomic E-state index is 0.0104. The molecule has 0 amide bonds. The van der Waals surface area contributed by atoms with E-state index in [-0.39, 0.29) is 6.42 Å². The van der Waals surface area contributed by atoms with E-state index in [1.54, 1.807) is 0 Å². The summed E-state index contributed by atoms with van der Waals surface area (Å²) in [5, 5.41) is 18.0. The molecule has 0 unspecified atom stereocenters. The second-order valence-corrected chi connectivity index (χ2v) is 4.71. The normalized spacial score (nSPS) is 28.6. The lowest BCUT2D eigenvalue weighted by Gasteiger charge is -2.17. The monoisotopic (exact) mass is 209 g/mol. The van der Waals surface area contributed by atoms with Crippen molar-refractivity contribution in [3.05, 3.63) is 0 Å². The van der Waals surface area contributed by atoms with Crippen molar-refractivity contribution in [2.24, 2.45) is 17.3 Å². The molecular weight excluding hydrogens is 190 g/mol. The molecule has 3 nitrogen and oxygen atoms in total. The van der Waals surface area contributed by atoms with Crippen LogP contribution in [-0.2, 0) is 4.79 Å². The zero-order chi connectivity index (χ0) is 11.5. The van der Waals surface area contributed by atoms with Gasteiger partial charge in [-0.25, -0.2) is 0 Å². The molecular formula is C12H19NO2. The van der Waals surface area contributed by atoms with E-state index in [2.05, 4.69) is 19.9 Å². The Hall–Kier alpha value is -1.04. The molecule has 0 heterocycles. The van der Waals surface area contributed by atoms with Crippen molar-refractivity contribution < 1.29 is 9.90 Å². The van der Waals surface area contributed by atoms with Gasteiger partial charge in [-0.3, -0.25) is 4.79 Å². The molecule has 0 spiro atoms. The van der Waals surface area contributed by atoms with Gasteiger partial charge in [0.1, 0.15) is 0 Å². The van der Waals surface area contributed by atoms with Crippen LogP contribution >= 0.6 is 0 Å². The molecule has 1 rings (SSSR count). The molecule has 84 valence electrons. The van der Waals surface area contributed by atoms with Crippen LogP contribution in [0, 0.1) is 28.6 Å². The molecule has 1 saturated carbocycles. The smallest absolute Gasteiger partial charge is 0.304 e. The van der Waals surface area contributed by atoms with E-state index in [0.717, 1.165) is 25.7 Å². The van der Waals surface area contributed by atoms with Crippen LogP contribution in [0.4, 0.5) is 0 Å². The van der Waals surface area contributed by atoms with Gasteiger partial charge in [-0.15, -0.1) is 0 Å². The summed E-state index contributed by atoms with van der Waals surface area (Å²) in [5.41, 5.74) is -0.590. The van der Waals surface area contributed by atoms with E-state index in [0.29, 0.717) is 11.8 Å². The Labute approximate surface area is 91.1 Å². The molecule has 1 N–H and O–H groups in total. The first-order valence-corrected chi connectivity index (χ1v) is 5.70. The van der Waals surface area contributed by atoms with Gasteiger partial charge in [-0.1, -0.05) is 26.7 Å². The fraction of sp³-hybridized carbons (Fsp3) is 0.833. The predicted octanol–water partition coefficient (Wildman–Crippen LogP) is 2.82. The molecule has 0 aromatic heterocycles. The summed E-state index contributed by atoms with van der Waals surface area (Å²) in [6.07, 6.45) is 3.66. The fourth-order valence-electron chi connectivity index (χ4n) is 2.94. The first-order valence-electron chi connectivity index (χ1n) is 5.70. The summed E-state index contributed by atoms with van der Waals surface area (Å²) < 4.78 is 0. The maximum atomic E-state index is 10.8. The number of nitrogens with zero attached hydrogens (tertiary/aromatic N) is 1. The molecule has 1 aliphatic rings. The van der Waals surface area contributed by atoms with Crippen LogP contribution in [0.2, 0.25) is 0 Å². The molecule has 0 aliphatic heterocycles. The summed E-state index contributed by atoms with van der Waals surface area (Å²) in [5.74, 6) is 0.228. The van der Waals surface area contributed by atoms with Crippen LogP contribution < -0.4 is 0 Å². The van der Waals surface area contributed by atoms with Crippen LogP contribution in [0.1, 0.15) is 46.0 Å². The Balaban J connectivity index is 2.78. The summed E-state index contributed by atoms with van der Waals surface area (Å²) >= 11 is 0. The largest absolute Gasteiger partial charge is 0.481 e. The number of hydrogen-bond acceptors (Lipinski definition) is 2.